The summed E-state index contributed by atoms with van der Waals surface area (Å²) in [5.41, 5.74) is 6.70. The van der Waals surface area contributed by atoms with E-state index in [0.717, 1.165) is 5.56 Å². The number of carboxylic acid groups (broad SMARTS) is 1. The maximum absolute atomic E-state index is 10.8. The normalized spacial score (nSPS) is 14.3. The van der Waals surface area contributed by atoms with Crippen molar-refractivity contribution in [1.82, 2.24) is 0 Å². The number of aliphatic carboxylic acids is 1. The Labute approximate surface area is 114 Å². The van der Waals surface area contributed by atoms with Crippen molar-refractivity contribution >= 4 is 5.97 Å². The van der Waals surface area contributed by atoms with Crippen molar-refractivity contribution < 1.29 is 14.6 Å². The van der Waals surface area contributed by atoms with Crippen LogP contribution >= 0.6 is 0 Å². The fourth-order valence-corrected chi connectivity index (χ4v) is 1.86. The quantitative estimate of drug-likeness (QED) is 0.756. The maximum atomic E-state index is 10.8. The van der Waals surface area contributed by atoms with Crippen LogP contribution in [0.3, 0.4) is 0 Å². The molecular weight excluding hydrogens is 242 g/mol. The second-order valence-corrected chi connectivity index (χ2v) is 5.19. The number of rotatable bonds is 8. The zero-order valence-electron chi connectivity index (χ0n) is 11.6. The fourth-order valence-electron chi connectivity index (χ4n) is 1.86. The molecular formula is C15H23NO3. The summed E-state index contributed by atoms with van der Waals surface area (Å²) in [5.74, 6) is -0.440. The molecule has 19 heavy (non-hydrogen) atoms. The standard InChI is InChI=1S/C15H23NO3/c1-11(2)13(8-14(16)15(17)18)10-19-9-12-6-4-3-5-7-12/h3-7,11,13-14H,8-10,16H2,1-2H3,(H,17,18). The topological polar surface area (TPSA) is 72.5 Å². The van der Waals surface area contributed by atoms with Crippen LogP contribution in [0.1, 0.15) is 25.8 Å². The van der Waals surface area contributed by atoms with Gasteiger partial charge in [0.05, 0.1) is 13.2 Å². The van der Waals surface area contributed by atoms with E-state index < -0.39 is 12.0 Å². The number of ether oxygens (including phenoxy) is 1. The molecule has 3 N–H and O–H groups in total. The molecule has 106 valence electrons. The Bertz CT molecular complexity index is 378. The van der Waals surface area contributed by atoms with Gasteiger partial charge in [-0.15, -0.1) is 0 Å². The van der Waals surface area contributed by atoms with Crippen LogP contribution in [0, 0.1) is 11.8 Å². The van der Waals surface area contributed by atoms with Crippen LogP contribution in [0.15, 0.2) is 30.3 Å². The maximum Gasteiger partial charge on any atom is 0.320 e. The van der Waals surface area contributed by atoms with E-state index in [4.69, 9.17) is 15.6 Å². The van der Waals surface area contributed by atoms with Crippen molar-refractivity contribution in [1.29, 1.82) is 0 Å². The van der Waals surface area contributed by atoms with E-state index in [0.29, 0.717) is 25.6 Å². The summed E-state index contributed by atoms with van der Waals surface area (Å²) in [5, 5.41) is 8.85. The van der Waals surface area contributed by atoms with E-state index in [2.05, 4.69) is 13.8 Å². The summed E-state index contributed by atoms with van der Waals surface area (Å²) in [6, 6.07) is 9.11. The first kappa shape index (κ1) is 15.7. The molecule has 4 nitrogen and oxygen atoms in total. The smallest absolute Gasteiger partial charge is 0.320 e. The Balaban J connectivity index is 2.40. The van der Waals surface area contributed by atoms with Gasteiger partial charge in [0, 0.05) is 0 Å². The molecule has 2 unspecified atom stereocenters. The molecule has 0 aromatic heterocycles. The third-order valence-corrected chi connectivity index (χ3v) is 3.26. The van der Waals surface area contributed by atoms with Crippen LogP contribution in [0.2, 0.25) is 0 Å². The lowest BCUT2D eigenvalue weighted by Gasteiger charge is -2.22. The predicted octanol–water partition coefficient (Wildman–Crippen LogP) is 2.28. The van der Waals surface area contributed by atoms with Crippen LogP contribution in [0.25, 0.3) is 0 Å². The Kier molecular flexibility index (Phi) is 6.53. The van der Waals surface area contributed by atoms with Gasteiger partial charge < -0.3 is 15.6 Å². The van der Waals surface area contributed by atoms with E-state index in [1.165, 1.54) is 0 Å². The second-order valence-electron chi connectivity index (χ2n) is 5.19. The van der Waals surface area contributed by atoms with E-state index in [-0.39, 0.29) is 5.92 Å². The molecule has 1 rings (SSSR count). The summed E-state index contributed by atoms with van der Waals surface area (Å²) >= 11 is 0. The van der Waals surface area contributed by atoms with Crippen molar-refractivity contribution in [3.8, 4) is 0 Å². The minimum atomic E-state index is -0.950. The zero-order chi connectivity index (χ0) is 14.3. The van der Waals surface area contributed by atoms with Crippen molar-refractivity contribution in [3.63, 3.8) is 0 Å². The van der Waals surface area contributed by atoms with E-state index in [9.17, 15) is 4.79 Å². The van der Waals surface area contributed by atoms with Crippen molar-refractivity contribution in [2.75, 3.05) is 6.61 Å². The van der Waals surface area contributed by atoms with Gasteiger partial charge in [0.1, 0.15) is 6.04 Å². The molecule has 0 aliphatic heterocycles. The lowest BCUT2D eigenvalue weighted by atomic mass is 9.90. The molecule has 0 aliphatic rings. The van der Waals surface area contributed by atoms with Gasteiger partial charge in [-0.25, -0.2) is 0 Å². The highest BCUT2D eigenvalue weighted by Gasteiger charge is 2.21. The van der Waals surface area contributed by atoms with Crippen LogP contribution in [0.5, 0.6) is 0 Å². The molecule has 0 spiro atoms. The average Bonchev–Trinajstić information content (AvgIpc) is 2.38. The molecule has 0 saturated carbocycles. The van der Waals surface area contributed by atoms with E-state index in [1.807, 2.05) is 30.3 Å². The minimum Gasteiger partial charge on any atom is -0.480 e. The van der Waals surface area contributed by atoms with Gasteiger partial charge in [0.15, 0.2) is 0 Å². The van der Waals surface area contributed by atoms with Gasteiger partial charge in [0.25, 0.3) is 0 Å². The summed E-state index contributed by atoms with van der Waals surface area (Å²) in [7, 11) is 0. The average molecular weight is 265 g/mol. The van der Waals surface area contributed by atoms with Crippen LogP contribution in [0.4, 0.5) is 0 Å². The number of benzene rings is 1. The monoisotopic (exact) mass is 265 g/mol. The van der Waals surface area contributed by atoms with Gasteiger partial charge in [-0.2, -0.15) is 0 Å². The number of carboxylic acids is 1. The molecule has 2 atom stereocenters. The van der Waals surface area contributed by atoms with Gasteiger partial charge >= 0.3 is 5.97 Å². The summed E-state index contributed by atoms with van der Waals surface area (Å²) < 4.78 is 5.68. The second kappa shape index (κ2) is 7.92. The Morgan fingerprint density at radius 1 is 1.32 bits per heavy atom. The Hall–Kier alpha value is -1.39. The van der Waals surface area contributed by atoms with E-state index in [1.54, 1.807) is 0 Å². The van der Waals surface area contributed by atoms with Crippen LogP contribution in [-0.4, -0.2) is 23.7 Å². The summed E-state index contributed by atoms with van der Waals surface area (Å²) in [6.07, 6.45) is 0.446. The van der Waals surface area contributed by atoms with Gasteiger partial charge in [-0.3, -0.25) is 4.79 Å². The number of nitrogens with two attached hydrogens (primary N) is 1. The van der Waals surface area contributed by atoms with Crippen LogP contribution < -0.4 is 5.73 Å². The predicted molar refractivity (Wildman–Crippen MR) is 74.7 cm³/mol. The van der Waals surface area contributed by atoms with Crippen molar-refractivity contribution in [3.05, 3.63) is 35.9 Å². The molecule has 0 radical (unpaired) electrons. The van der Waals surface area contributed by atoms with E-state index >= 15 is 0 Å². The lowest BCUT2D eigenvalue weighted by molar-refractivity contribution is -0.139. The Morgan fingerprint density at radius 2 is 1.95 bits per heavy atom. The summed E-state index contributed by atoms with van der Waals surface area (Å²) in [6.45, 7) is 5.20. The SMILES string of the molecule is CC(C)C(COCc1ccccc1)CC(N)C(=O)O. The Morgan fingerprint density at radius 3 is 2.47 bits per heavy atom. The molecule has 0 amide bonds. The summed E-state index contributed by atoms with van der Waals surface area (Å²) in [4.78, 5) is 10.8. The molecule has 4 heteroatoms. The van der Waals surface area contributed by atoms with Crippen molar-refractivity contribution in [2.45, 2.75) is 32.9 Å². The third-order valence-electron chi connectivity index (χ3n) is 3.26. The third kappa shape index (κ3) is 5.85. The molecule has 0 aliphatic carbocycles. The first-order valence-corrected chi connectivity index (χ1v) is 6.60. The van der Waals surface area contributed by atoms with Crippen molar-refractivity contribution in [2.24, 2.45) is 17.6 Å². The molecule has 0 bridgehead atoms. The van der Waals surface area contributed by atoms with Gasteiger partial charge in [-0.1, -0.05) is 44.2 Å². The number of hydrogen-bond acceptors (Lipinski definition) is 3. The highest BCUT2D eigenvalue weighted by atomic mass is 16.5. The van der Waals surface area contributed by atoms with Gasteiger partial charge in [0.2, 0.25) is 0 Å². The highest BCUT2D eigenvalue weighted by molar-refractivity contribution is 5.73. The molecule has 0 fully saturated rings. The number of carbonyl (C=O) groups is 1. The molecule has 1 aromatic carbocycles. The first-order valence-electron chi connectivity index (χ1n) is 6.60. The minimum absolute atomic E-state index is 0.162. The zero-order valence-corrected chi connectivity index (χ0v) is 11.6. The van der Waals surface area contributed by atoms with Crippen LogP contribution in [-0.2, 0) is 16.1 Å². The molecule has 1 aromatic rings. The molecule has 0 saturated heterocycles. The largest absolute Gasteiger partial charge is 0.480 e. The van der Waals surface area contributed by atoms with Gasteiger partial charge in [-0.05, 0) is 23.8 Å². The fraction of sp³-hybridized carbons (Fsp3) is 0.533. The lowest BCUT2D eigenvalue weighted by Crippen LogP contribution is -2.34. The highest BCUT2D eigenvalue weighted by Crippen LogP contribution is 2.18. The molecule has 0 heterocycles. The number of hydrogen-bond donors (Lipinski definition) is 2. The first-order chi connectivity index (χ1) is 9.00.